The van der Waals surface area contributed by atoms with E-state index in [1.165, 1.54) is 12.1 Å². The monoisotopic (exact) mass is 384 g/mol. The molecule has 0 aliphatic rings. The van der Waals surface area contributed by atoms with Crippen molar-refractivity contribution >= 4 is 21.4 Å². The zero-order valence-electron chi connectivity index (χ0n) is 15.5. The van der Waals surface area contributed by atoms with Crippen LogP contribution in [0.2, 0.25) is 0 Å². The number of nitrogens with zero attached hydrogens (tertiary/aromatic N) is 3. The molecular formula is C19H20N4O3S. The van der Waals surface area contributed by atoms with Crippen LogP contribution in [0.1, 0.15) is 27.3 Å². The zero-order chi connectivity index (χ0) is 19.8. The molecule has 27 heavy (non-hydrogen) atoms. The predicted octanol–water partition coefficient (Wildman–Crippen LogP) is 2.85. The fourth-order valence-electron chi connectivity index (χ4n) is 2.72. The standard InChI is InChI=1S/C19H20N4O3S/c1-12-5-7-16(27(4,25)26)10-17(12)19(24)21-15-6-8-18(20-11-15)23-14(3)9-13(2)22-23/h5-11H,1-4H3,(H,21,24). The second-order valence-electron chi connectivity index (χ2n) is 6.45. The highest BCUT2D eigenvalue weighted by atomic mass is 32.2. The summed E-state index contributed by atoms with van der Waals surface area (Å²) >= 11 is 0. The lowest BCUT2D eigenvalue weighted by Gasteiger charge is -2.10. The highest BCUT2D eigenvalue weighted by molar-refractivity contribution is 7.90. The van der Waals surface area contributed by atoms with Gasteiger partial charge in [-0.15, -0.1) is 0 Å². The third-order valence-electron chi connectivity index (χ3n) is 4.11. The van der Waals surface area contributed by atoms with Crippen LogP contribution in [-0.4, -0.2) is 35.3 Å². The summed E-state index contributed by atoms with van der Waals surface area (Å²) in [6.07, 6.45) is 2.65. The lowest BCUT2D eigenvalue weighted by atomic mass is 10.1. The van der Waals surface area contributed by atoms with Crippen molar-refractivity contribution in [2.75, 3.05) is 11.6 Å². The number of benzene rings is 1. The summed E-state index contributed by atoms with van der Waals surface area (Å²) < 4.78 is 25.2. The molecule has 0 fully saturated rings. The van der Waals surface area contributed by atoms with Crippen molar-refractivity contribution in [1.82, 2.24) is 14.8 Å². The second-order valence-corrected chi connectivity index (χ2v) is 8.46. The first-order valence-corrected chi connectivity index (χ1v) is 10.2. The van der Waals surface area contributed by atoms with Crippen molar-refractivity contribution in [1.29, 1.82) is 0 Å². The molecule has 0 unspecified atom stereocenters. The van der Waals surface area contributed by atoms with Crippen molar-refractivity contribution in [3.63, 3.8) is 0 Å². The van der Waals surface area contributed by atoms with E-state index in [0.717, 1.165) is 17.6 Å². The summed E-state index contributed by atoms with van der Waals surface area (Å²) in [6, 6.07) is 9.94. The highest BCUT2D eigenvalue weighted by Crippen LogP contribution is 2.18. The maximum absolute atomic E-state index is 12.6. The number of aromatic nitrogens is 3. The summed E-state index contributed by atoms with van der Waals surface area (Å²) in [7, 11) is -3.39. The topological polar surface area (TPSA) is 94.0 Å². The van der Waals surface area contributed by atoms with Crippen molar-refractivity contribution in [2.45, 2.75) is 25.7 Å². The van der Waals surface area contributed by atoms with Crippen LogP contribution in [0.4, 0.5) is 5.69 Å². The van der Waals surface area contributed by atoms with Gasteiger partial charge in [0.25, 0.3) is 5.91 Å². The number of carbonyl (C=O) groups is 1. The Morgan fingerprint density at radius 3 is 2.37 bits per heavy atom. The molecular weight excluding hydrogens is 364 g/mol. The highest BCUT2D eigenvalue weighted by Gasteiger charge is 2.15. The molecule has 0 aliphatic carbocycles. The Bertz CT molecular complexity index is 1120. The summed E-state index contributed by atoms with van der Waals surface area (Å²) in [5, 5.41) is 7.12. The largest absolute Gasteiger partial charge is 0.321 e. The zero-order valence-corrected chi connectivity index (χ0v) is 16.3. The van der Waals surface area contributed by atoms with Crippen molar-refractivity contribution < 1.29 is 13.2 Å². The fraction of sp³-hybridized carbons (Fsp3) is 0.211. The van der Waals surface area contributed by atoms with Gasteiger partial charge in [-0.05, 0) is 56.7 Å². The Balaban J connectivity index is 1.84. The smallest absolute Gasteiger partial charge is 0.256 e. The van der Waals surface area contributed by atoms with Gasteiger partial charge in [0.05, 0.1) is 22.5 Å². The molecule has 140 valence electrons. The molecule has 2 heterocycles. The molecule has 0 saturated heterocycles. The fourth-order valence-corrected chi connectivity index (χ4v) is 3.37. The number of pyridine rings is 1. The molecule has 0 spiro atoms. The van der Waals surface area contributed by atoms with Gasteiger partial charge in [0.1, 0.15) is 0 Å². The number of amides is 1. The predicted molar refractivity (Wildman–Crippen MR) is 103 cm³/mol. The molecule has 0 bridgehead atoms. The first-order chi connectivity index (χ1) is 12.6. The maximum Gasteiger partial charge on any atom is 0.256 e. The van der Waals surface area contributed by atoms with E-state index in [1.54, 1.807) is 36.0 Å². The molecule has 3 aromatic rings. The van der Waals surface area contributed by atoms with Gasteiger partial charge in [-0.1, -0.05) is 6.07 Å². The van der Waals surface area contributed by atoms with Gasteiger partial charge in [0.15, 0.2) is 15.7 Å². The Labute approximate surface area is 158 Å². The van der Waals surface area contributed by atoms with Gasteiger partial charge in [-0.2, -0.15) is 5.10 Å². The summed E-state index contributed by atoms with van der Waals surface area (Å²) in [5.41, 5.74) is 3.36. The third kappa shape index (κ3) is 4.06. The molecule has 1 amide bonds. The first kappa shape index (κ1) is 18.8. The van der Waals surface area contributed by atoms with Crippen LogP contribution >= 0.6 is 0 Å². The Kier molecular flexibility index (Phi) is 4.84. The van der Waals surface area contributed by atoms with E-state index in [0.29, 0.717) is 22.6 Å². The van der Waals surface area contributed by atoms with Gasteiger partial charge in [0, 0.05) is 17.5 Å². The molecule has 0 aliphatic heterocycles. The van der Waals surface area contributed by atoms with Gasteiger partial charge in [-0.3, -0.25) is 4.79 Å². The van der Waals surface area contributed by atoms with E-state index in [-0.39, 0.29) is 4.90 Å². The number of rotatable bonds is 4. The molecule has 0 saturated carbocycles. The Morgan fingerprint density at radius 2 is 1.81 bits per heavy atom. The van der Waals surface area contributed by atoms with Gasteiger partial charge in [0.2, 0.25) is 0 Å². The van der Waals surface area contributed by atoms with Crippen LogP contribution in [-0.2, 0) is 9.84 Å². The average Bonchev–Trinajstić information content (AvgIpc) is 2.93. The van der Waals surface area contributed by atoms with Crippen LogP contribution in [0.5, 0.6) is 0 Å². The molecule has 1 N–H and O–H groups in total. The van der Waals surface area contributed by atoms with Crippen molar-refractivity contribution in [2.24, 2.45) is 0 Å². The molecule has 1 aromatic carbocycles. The van der Waals surface area contributed by atoms with Crippen LogP contribution in [0.25, 0.3) is 5.82 Å². The minimum absolute atomic E-state index is 0.108. The number of aryl methyl sites for hydroxylation is 3. The third-order valence-corrected chi connectivity index (χ3v) is 5.22. The number of anilines is 1. The number of sulfone groups is 1. The van der Waals surface area contributed by atoms with Crippen LogP contribution < -0.4 is 5.32 Å². The molecule has 3 rings (SSSR count). The van der Waals surface area contributed by atoms with Crippen molar-refractivity contribution in [3.8, 4) is 5.82 Å². The van der Waals surface area contributed by atoms with E-state index >= 15 is 0 Å². The summed E-state index contributed by atoms with van der Waals surface area (Å²) in [5.74, 6) is 0.257. The average molecular weight is 384 g/mol. The van der Waals surface area contributed by atoms with Crippen LogP contribution in [0, 0.1) is 20.8 Å². The van der Waals surface area contributed by atoms with E-state index in [2.05, 4.69) is 15.4 Å². The van der Waals surface area contributed by atoms with Gasteiger partial charge in [-0.25, -0.2) is 18.1 Å². The van der Waals surface area contributed by atoms with Crippen molar-refractivity contribution in [3.05, 3.63) is 65.1 Å². The van der Waals surface area contributed by atoms with E-state index in [1.807, 2.05) is 19.9 Å². The number of carbonyl (C=O) groups excluding carboxylic acids is 1. The Hall–Kier alpha value is -3.00. The number of hydrogen-bond acceptors (Lipinski definition) is 5. The second kappa shape index (κ2) is 6.96. The van der Waals surface area contributed by atoms with E-state index in [4.69, 9.17) is 0 Å². The molecule has 0 atom stereocenters. The first-order valence-electron chi connectivity index (χ1n) is 8.27. The molecule has 7 nitrogen and oxygen atoms in total. The lowest BCUT2D eigenvalue weighted by molar-refractivity contribution is 0.102. The van der Waals surface area contributed by atoms with Crippen LogP contribution in [0.3, 0.4) is 0 Å². The summed E-state index contributed by atoms with van der Waals surface area (Å²) in [6.45, 7) is 5.60. The minimum atomic E-state index is -3.39. The molecule has 8 heteroatoms. The molecule has 2 aromatic heterocycles. The number of nitrogens with one attached hydrogen (secondary N) is 1. The van der Waals surface area contributed by atoms with E-state index < -0.39 is 15.7 Å². The lowest BCUT2D eigenvalue weighted by Crippen LogP contribution is -2.15. The normalized spacial score (nSPS) is 11.4. The SMILES string of the molecule is Cc1cc(C)n(-c2ccc(NC(=O)c3cc(S(C)(=O)=O)ccc3C)cn2)n1. The summed E-state index contributed by atoms with van der Waals surface area (Å²) in [4.78, 5) is 17.0. The quantitative estimate of drug-likeness (QED) is 0.746. The number of hydrogen-bond donors (Lipinski definition) is 1. The van der Waals surface area contributed by atoms with Crippen LogP contribution in [0.15, 0.2) is 47.5 Å². The van der Waals surface area contributed by atoms with Gasteiger partial charge >= 0.3 is 0 Å². The minimum Gasteiger partial charge on any atom is -0.321 e. The molecule has 0 radical (unpaired) electrons. The van der Waals surface area contributed by atoms with Gasteiger partial charge < -0.3 is 5.32 Å². The maximum atomic E-state index is 12.6. The Morgan fingerprint density at radius 1 is 1.07 bits per heavy atom. The van der Waals surface area contributed by atoms with E-state index in [9.17, 15) is 13.2 Å².